The molecule has 0 heterocycles. The molecular weight excluding hydrogens is 224 g/mol. The number of ether oxygens (including phenoxy) is 1. The summed E-state index contributed by atoms with van der Waals surface area (Å²) in [6.07, 6.45) is 6.16. The summed E-state index contributed by atoms with van der Waals surface area (Å²) in [5.74, 6) is 1.16. The third kappa shape index (κ3) is 3.00. The minimum atomic E-state index is 0.510. The van der Waals surface area contributed by atoms with Crippen molar-refractivity contribution in [1.29, 1.82) is 0 Å². The largest absolute Gasteiger partial charge is 0.496 e. The number of hydrogen-bond donors (Lipinski definition) is 0. The third-order valence-electron chi connectivity index (χ3n) is 3.47. The van der Waals surface area contributed by atoms with Gasteiger partial charge in [0.05, 0.1) is 12.7 Å². The fraction of sp³-hybridized carbons (Fsp3) is 0.438. The van der Waals surface area contributed by atoms with Crippen LogP contribution in [0.4, 0.5) is 0 Å². The number of aldehydes is 1. The summed E-state index contributed by atoms with van der Waals surface area (Å²) < 4.78 is 5.28. The number of carbonyl (C=O) groups excluding carboxylic acids is 1. The summed E-state index contributed by atoms with van der Waals surface area (Å²) in [5.41, 5.74) is 3.89. The predicted octanol–water partition coefficient (Wildman–Crippen LogP) is 4.18. The molecule has 0 aliphatic heterocycles. The second kappa shape index (κ2) is 6.39. The molecule has 0 amide bonds. The molecule has 2 nitrogen and oxygen atoms in total. The van der Waals surface area contributed by atoms with Crippen LogP contribution in [-0.4, -0.2) is 13.4 Å². The van der Waals surface area contributed by atoms with Crippen molar-refractivity contribution in [1.82, 2.24) is 0 Å². The highest BCUT2D eigenvalue weighted by molar-refractivity contribution is 5.87. The zero-order chi connectivity index (χ0) is 13.7. The van der Waals surface area contributed by atoms with Crippen molar-refractivity contribution < 1.29 is 9.53 Å². The maximum Gasteiger partial charge on any atom is 0.154 e. The molecular formula is C16H22O2. The monoisotopic (exact) mass is 246 g/mol. The Bertz CT molecular complexity index is 459. The summed E-state index contributed by atoms with van der Waals surface area (Å²) in [6, 6.07) is 1.92. The second-order valence-electron chi connectivity index (χ2n) is 4.71. The van der Waals surface area contributed by atoms with E-state index in [0.717, 1.165) is 29.4 Å². The van der Waals surface area contributed by atoms with Crippen molar-refractivity contribution in [3.63, 3.8) is 0 Å². The summed E-state index contributed by atoms with van der Waals surface area (Å²) in [4.78, 5) is 11.3. The van der Waals surface area contributed by atoms with Crippen LogP contribution in [0.1, 0.15) is 47.3 Å². The second-order valence-corrected chi connectivity index (χ2v) is 4.71. The van der Waals surface area contributed by atoms with Crippen molar-refractivity contribution >= 4 is 12.4 Å². The molecule has 0 bridgehead atoms. The third-order valence-corrected chi connectivity index (χ3v) is 3.47. The van der Waals surface area contributed by atoms with Gasteiger partial charge in [0.1, 0.15) is 5.75 Å². The zero-order valence-corrected chi connectivity index (χ0v) is 11.9. The predicted molar refractivity (Wildman–Crippen MR) is 76.3 cm³/mol. The Morgan fingerprint density at radius 3 is 2.50 bits per heavy atom. The first kappa shape index (κ1) is 14.5. The maximum atomic E-state index is 11.3. The lowest BCUT2D eigenvalue weighted by Gasteiger charge is -2.13. The minimum absolute atomic E-state index is 0.510. The SMILES string of the molecule is CCC(C)/C=C\c1c(C)c(C)cc(OC)c1C=O. The van der Waals surface area contributed by atoms with E-state index in [4.69, 9.17) is 4.74 Å². The highest BCUT2D eigenvalue weighted by Gasteiger charge is 2.12. The molecule has 0 aliphatic carbocycles. The Hall–Kier alpha value is -1.57. The Morgan fingerprint density at radius 1 is 1.33 bits per heavy atom. The normalized spacial score (nSPS) is 12.7. The Morgan fingerprint density at radius 2 is 2.00 bits per heavy atom. The number of carbonyl (C=O) groups is 1. The quantitative estimate of drug-likeness (QED) is 0.728. The molecule has 1 rings (SSSR count). The molecule has 0 saturated carbocycles. The lowest BCUT2D eigenvalue weighted by Crippen LogP contribution is -1.99. The van der Waals surface area contributed by atoms with E-state index in [-0.39, 0.29) is 0 Å². The minimum Gasteiger partial charge on any atom is -0.496 e. The standard InChI is InChI=1S/C16H22O2/c1-6-11(2)7-8-14-13(4)12(3)9-16(18-5)15(14)10-17/h7-11H,6H2,1-5H3/b8-7-. The summed E-state index contributed by atoms with van der Waals surface area (Å²) >= 11 is 0. The van der Waals surface area contributed by atoms with E-state index >= 15 is 0 Å². The van der Waals surface area contributed by atoms with Gasteiger partial charge in [-0.2, -0.15) is 0 Å². The molecule has 0 saturated heterocycles. The van der Waals surface area contributed by atoms with Crippen LogP contribution in [0.5, 0.6) is 5.75 Å². The molecule has 0 spiro atoms. The molecule has 1 atom stereocenters. The first-order chi connectivity index (χ1) is 8.54. The van der Waals surface area contributed by atoms with Crippen LogP contribution in [0.25, 0.3) is 6.08 Å². The van der Waals surface area contributed by atoms with E-state index < -0.39 is 0 Å². The first-order valence-corrected chi connectivity index (χ1v) is 6.36. The van der Waals surface area contributed by atoms with Gasteiger partial charge in [-0.15, -0.1) is 0 Å². The molecule has 0 N–H and O–H groups in total. The molecule has 0 radical (unpaired) electrons. The Balaban J connectivity index is 3.35. The van der Waals surface area contributed by atoms with Crippen LogP contribution in [0.2, 0.25) is 0 Å². The number of rotatable bonds is 5. The molecule has 0 aromatic heterocycles. The summed E-state index contributed by atoms with van der Waals surface area (Å²) in [6.45, 7) is 8.39. The molecule has 0 aliphatic rings. The van der Waals surface area contributed by atoms with Gasteiger partial charge < -0.3 is 4.74 Å². The summed E-state index contributed by atoms with van der Waals surface area (Å²) in [5, 5.41) is 0. The smallest absolute Gasteiger partial charge is 0.154 e. The number of methoxy groups -OCH3 is 1. The lowest BCUT2D eigenvalue weighted by molar-refractivity contribution is 0.112. The average molecular weight is 246 g/mol. The average Bonchev–Trinajstić information content (AvgIpc) is 2.39. The fourth-order valence-electron chi connectivity index (χ4n) is 1.83. The molecule has 18 heavy (non-hydrogen) atoms. The summed E-state index contributed by atoms with van der Waals surface area (Å²) in [7, 11) is 1.60. The lowest BCUT2D eigenvalue weighted by atomic mass is 9.95. The number of allylic oxidation sites excluding steroid dienone is 1. The van der Waals surface area contributed by atoms with Crippen molar-refractivity contribution in [3.8, 4) is 5.75 Å². The molecule has 1 aromatic rings. The fourth-order valence-corrected chi connectivity index (χ4v) is 1.83. The van der Waals surface area contributed by atoms with Crippen LogP contribution >= 0.6 is 0 Å². The maximum absolute atomic E-state index is 11.3. The van der Waals surface area contributed by atoms with E-state index in [1.807, 2.05) is 26.0 Å². The molecule has 98 valence electrons. The van der Waals surface area contributed by atoms with Crippen LogP contribution in [0.3, 0.4) is 0 Å². The van der Waals surface area contributed by atoms with Gasteiger partial charge in [0, 0.05) is 0 Å². The topological polar surface area (TPSA) is 26.3 Å². The number of hydrogen-bond acceptors (Lipinski definition) is 2. The Kier molecular flexibility index (Phi) is 5.14. The van der Waals surface area contributed by atoms with Gasteiger partial charge in [-0.25, -0.2) is 0 Å². The van der Waals surface area contributed by atoms with Crippen molar-refractivity contribution in [2.45, 2.75) is 34.1 Å². The van der Waals surface area contributed by atoms with Gasteiger partial charge in [-0.3, -0.25) is 4.79 Å². The van der Waals surface area contributed by atoms with Gasteiger partial charge in [0.25, 0.3) is 0 Å². The van der Waals surface area contributed by atoms with Crippen molar-refractivity contribution in [3.05, 3.63) is 34.4 Å². The van der Waals surface area contributed by atoms with Crippen LogP contribution in [-0.2, 0) is 0 Å². The number of aryl methyl sites for hydroxylation is 1. The van der Waals surface area contributed by atoms with Crippen molar-refractivity contribution in [2.24, 2.45) is 5.92 Å². The van der Waals surface area contributed by atoms with Gasteiger partial charge in [-0.05, 0) is 42.5 Å². The van der Waals surface area contributed by atoms with Crippen LogP contribution in [0, 0.1) is 19.8 Å². The van der Waals surface area contributed by atoms with Gasteiger partial charge in [0.15, 0.2) is 6.29 Å². The highest BCUT2D eigenvalue weighted by atomic mass is 16.5. The highest BCUT2D eigenvalue weighted by Crippen LogP contribution is 2.28. The van der Waals surface area contributed by atoms with Crippen molar-refractivity contribution in [2.75, 3.05) is 7.11 Å². The first-order valence-electron chi connectivity index (χ1n) is 6.36. The molecule has 0 fully saturated rings. The van der Waals surface area contributed by atoms with Gasteiger partial charge in [0.2, 0.25) is 0 Å². The molecule has 2 heteroatoms. The molecule has 1 aromatic carbocycles. The van der Waals surface area contributed by atoms with Gasteiger partial charge >= 0.3 is 0 Å². The van der Waals surface area contributed by atoms with Crippen LogP contribution < -0.4 is 4.74 Å². The Labute approximate surface area is 110 Å². The van der Waals surface area contributed by atoms with E-state index in [0.29, 0.717) is 17.2 Å². The van der Waals surface area contributed by atoms with Crippen LogP contribution in [0.15, 0.2) is 12.1 Å². The molecule has 1 unspecified atom stereocenters. The number of benzene rings is 1. The van der Waals surface area contributed by atoms with Gasteiger partial charge in [-0.1, -0.05) is 32.4 Å². The van der Waals surface area contributed by atoms with E-state index in [1.165, 1.54) is 0 Å². The van der Waals surface area contributed by atoms with E-state index in [2.05, 4.69) is 19.9 Å². The van der Waals surface area contributed by atoms with E-state index in [1.54, 1.807) is 7.11 Å². The van der Waals surface area contributed by atoms with E-state index in [9.17, 15) is 4.79 Å². The zero-order valence-electron chi connectivity index (χ0n) is 11.9.